The van der Waals surface area contributed by atoms with Gasteiger partial charge in [0.2, 0.25) is 5.91 Å². The van der Waals surface area contributed by atoms with E-state index in [-0.39, 0.29) is 31.3 Å². The normalized spacial score (nSPS) is 20.2. The number of hydrogen-bond donors (Lipinski definition) is 2. The molecule has 3 rings (SSSR count). The van der Waals surface area contributed by atoms with Crippen molar-refractivity contribution in [3.05, 3.63) is 17.7 Å². The standard InChI is InChI=1S/C16H22N4O4S/c1-18-13-5-11(12(17)6-14(13)24-2)7-19-8-15(21)20-9-16(10-20)3-4-25(16,22)23/h5-7,18H,3-4,8-10,17H2,1-2H3. The molecule has 0 atom stereocenters. The van der Waals surface area contributed by atoms with Crippen molar-refractivity contribution in [1.29, 1.82) is 0 Å². The first-order valence-corrected chi connectivity index (χ1v) is 9.62. The number of aliphatic imine (C=N–C) groups is 1. The molecular formula is C16H22N4O4S. The second-order valence-electron chi connectivity index (χ2n) is 6.40. The van der Waals surface area contributed by atoms with Gasteiger partial charge in [0.1, 0.15) is 17.0 Å². The molecule has 2 aliphatic heterocycles. The topological polar surface area (TPSA) is 114 Å². The maximum Gasteiger partial charge on any atom is 0.244 e. The van der Waals surface area contributed by atoms with Crippen LogP contribution in [0.1, 0.15) is 12.0 Å². The van der Waals surface area contributed by atoms with Gasteiger partial charge in [-0.3, -0.25) is 9.79 Å². The van der Waals surface area contributed by atoms with E-state index < -0.39 is 14.6 Å². The van der Waals surface area contributed by atoms with Gasteiger partial charge >= 0.3 is 0 Å². The van der Waals surface area contributed by atoms with Gasteiger partial charge in [-0.15, -0.1) is 0 Å². The van der Waals surface area contributed by atoms with Gasteiger partial charge in [-0.25, -0.2) is 8.42 Å². The summed E-state index contributed by atoms with van der Waals surface area (Å²) in [6.07, 6.45) is 2.20. The van der Waals surface area contributed by atoms with E-state index in [4.69, 9.17) is 10.5 Å². The Morgan fingerprint density at radius 3 is 2.72 bits per heavy atom. The molecule has 2 heterocycles. The molecule has 2 saturated heterocycles. The number of benzene rings is 1. The highest BCUT2D eigenvalue weighted by Gasteiger charge is 2.60. The number of amides is 1. The third kappa shape index (κ3) is 2.92. The van der Waals surface area contributed by atoms with Crippen LogP contribution >= 0.6 is 0 Å². The van der Waals surface area contributed by atoms with Crippen molar-refractivity contribution in [2.45, 2.75) is 11.2 Å². The zero-order valence-corrected chi connectivity index (χ0v) is 15.1. The van der Waals surface area contributed by atoms with Crippen LogP contribution in [0.15, 0.2) is 17.1 Å². The lowest BCUT2D eigenvalue weighted by Crippen LogP contribution is -2.72. The first-order chi connectivity index (χ1) is 11.8. The minimum Gasteiger partial charge on any atom is -0.495 e. The molecule has 136 valence electrons. The Hall–Kier alpha value is -2.29. The predicted octanol–water partition coefficient (Wildman–Crippen LogP) is 0.138. The summed E-state index contributed by atoms with van der Waals surface area (Å²) in [5.41, 5.74) is 7.91. The molecular weight excluding hydrogens is 344 g/mol. The average molecular weight is 366 g/mol. The summed E-state index contributed by atoms with van der Waals surface area (Å²) in [5, 5.41) is 3.01. The lowest BCUT2D eigenvalue weighted by Gasteiger charge is -2.54. The van der Waals surface area contributed by atoms with Crippen molar-refractivity contribution in [3.8, 4) is 5.75 Å². The maximum atomic E-state index is 12.1. The summed E-state index contributed by atoms with van der Waals surface area (Å²) < 4.78 is 28.0. The summed E-state index contributed by atoms with van der Waals surface area (Å²) in [6.45, 7) is 0.549. The summed E-state index contributed by atoms with van der Waals surface area (Å²) in [5.74, 6) is 0.684. The third-order valence-electron chi connectivity index (χ3n) is 4.93. The molecule has 1 aromatic rings. The molecule has 25 heavy (non-hydrogen) atoms. The van der Waals surface area contributed by atoms with Gasteiger partial charge < -0.3 is 20.7 Å². The van der Waals surface area contributed by atoms with Crippen LogP contribution in [0.2, 0.25) is 0 Å². The Morgan fingerprint density at radius 1 is 1.48 bits per heavy atom. The number of carbonyl (C=O) groups excluding carboxylic acids is 1. The lowest BCUT2D eigenvalue weighted by molar-refractivity contribution is -0.135. The number of nitrogens with two attached hydrogens (primary N) is 1. The number of nitrogens with zero attached hydrogens (tertiary/aromatic N) is 2. The van der Waals surface area contributed by atoms with Crippen LogP contribution in [0, 0.1) is 0 Å². The van der Waals surface area contributed by atoms with Crippen molar-refractivity contribution in [1.82, 2.24) is 4.90 Å². The Morgan fingerprint density at radius 2 is 2.20 bits per heavy atom. The van der Waals surface area contributed by atoms with Crippen LogP contribution in [0.5, 0.6) is 5.75 Å². The highest BCUT2D eigenvalue weighted by Crippen LogP contribution is 2.41. The molecule has 1 amide bonds. The van der Waals surface area contributed by atoms with Crippen molar-refractivity contribution in [2.24, 2.45) is 4.99 Å². The number of nitrogens with one attached hydrogen (secondary N) is 1. The molecule has 0 unspecified atom stereocenters. The quantitative estimate of drug-likeness (QED) is 0.566. The zero-order valence-electron chi connectivity index (χ0n) is 14.3. The molecule has 8 nitrogen and oxygen atoms in total. The lowest BCUT2D eigenvalue weighted by atomic mass is 9.94. The zero-order chi connectivity index (χ0) is 18.2. The predicted molar refractivity (Wildman–Crippen MR) is 97.1 cm³/mol. The SMILES string of the molecule is CNc1cc(C=NCC(=O)N2CC3(CCS3(=O)=O)C2)c(N)cc1OC. The number of nitrogen functional groups attached to an aromatic ring is 1. The van der Waals surface area contributed by atoms with Gasteiger partial charge in [0.25, 0.3) is 0 Å². The van der Waals surface area contributed by atoms with E-state index in [0.717, 1.165) is 5.69 Å². The maximum absolute atomic E-state index is 12.1. The Balaban J connectivity index is 1.60. The van der Waals surface area contributed by atoms with Gasteiger partial charge in [0.15, 0.2) is 9.84 Å². The molecule has 2 fully saturated rings. The second-order valence-corrected chi connectivity index (χ2v) is 8.91. The van der Waals surface area contributed by atoms with E-state index in [1.54, 1.807) is 37.4 Å². The van der Waals surface area contributed by atoms with E-state index in [2.05, 4.69) is 10.3 Å². The number of hydrogen-bond acceptors (Lipinski definition) is 7. The van der Waals surface area contributed by atoms with Crippen molar-refractivity contribution < 1.29 is 17.9 Å². The van der Waals surface area contributed by atoms with Crippen LogP contribution in [0.25, 0.3) is 0 Å². The van der Waals surface area contributed by atoms with Crippen molar-refractivity contribution in [3.63, 3.8) is 0 Å². The molecule has 0 saturated carbocycles. The Kier molecular flexibility index (Phi) is 4.36. The Labute approximate surface area is 147 Å². The fourth-order valence-electron chi connectivity index (χ4n) is 3.15. The van der Waals surface area contributed by atoms with Gasteiger partial charge in [0, 0.05) is 43.7 Å². The van der Waals surface area contributed by atoms with Crippen molar-refractivity contribution >= 4 is 33.3 Å². The van der Waals surface area contributed by atoms with E-state index >= 15 is 0 Å². The van der Waals surface area contributed by atoms with Crippen LogP contribution in [-0.4, -0.2) is 69.7 Å². The van der Waals surface area contributed by atoms with E-state index in [1.807, 2.05) is 0 Å². The first-order valence-electron chi connectivity index (χ1n) is 7.97. The number of rotatable bonds is 5. The second kappa shape index (κ2) is 6.21. The molecule has 1 aromatic carbocycles. The van der Waals surface area contributed by atoms with Crippen molar-refractivity contribution in [2.75, 3.05) is 50.6 Å². The first kappa shape index (κ1) is 17.5. The molecule has 0 radical (unpaired) electrons. The molecule has 0 bridgehead atoms. The summed E-state index contributed by atoms with van der Waals surface area (Å²) >= 11 is 0. The minimum atomic E-state index is -3.00. The Bertz CT molecular complexity index is 829. The fourth-order valence-corrected chi connectivity index (χ4v) is 4.97. The highest BCUT2D eigenvalue weighted by molar-refractivity contribution is 7.94. The van der Waals surface area contributed by atoms with Crippen LogP contribution in [0.4, 0.5) is 11.4 Å². The van der Waals surface area contributed by atoms with E-state index in [0.29, 0.717) is 23.4 Å². The monoisotopic (exact) mass is 366 g/mol. The molecule has 2 aliphatic rings. The summed E-state index contributed by atoms with van der Waals surface area (Å²) in [4.78, 5) is 17.8. The van der Waals surface area contributed by atoms with Gasteiger partial charge in [-0.05, 0) is 12.5 Å². The highest BCUT2D eigenvalue weighted by atomic mass is 32.2. The van der Waals surface area contributed by atoms with E-state index in [1.165, 1.54) is 0 Å². The molecule has 9 heteroatoms. The van der Waals surface area contributed by atoms with Gasteiger partial charge in [0.05, 0.1) is 18.6 Å². The molecule has 3 N–H and O–H groups in total. The number of ether oxygens (including phenoxy) is 1. The smallest absolute Gasteiger partial charge is 0.244 e. The number of anilines is 2. The summed E-state index contributed by atoms with van der Waals surface area (Å²) in [6, 6.07) is 3.48. The van der Waals surface area contributed by atoms with Crippen LogP contribution < -0.4 is 15.8 Å². The van der Waals surface area contributed by atoms with Gasteiger partial charge in [-0.1, -0.05) is 0 Å². The molecule has 0 aliphatic carbocycles. The number of likely N-dealkylation sites (tertiary alicyclic amines) is 1. The van der Waals surface area contributed by atoms with Gasteiger partial charge in [-0.2, -0.15) is 0 Å². The van der Waals surface area contributed by atoms with Crippen LogP contribution in [0.3, 0.4) is 0 Å². The average Bonchev–Trinajstić information content (AvgIpc) is 2.53. The number of carbonyl (C=O) groups is 1. The fraction of sp³-hybridized carbons (Fsp3) is 0.500. The van der Waals surface area contributed by atoms with Crippen LogP contribution in [-0.2, 0) is 14.6 Å². The largest absolute Gasteiger partial charge is 0.495 e. The minimum absolute atomic E-state index is 0.0313. The van der Waals surface area contributed by atoms with E-state index in [9.17, 15) is 13.2 Å². The third-order valence-corrected chi connectivity index (χ3v) is 7.45. The number of methoxy groups -OCH3 is 1. The molecule has 0 aromatic heterocycles. The molecule has 1 spiro atoms. The number of sulfone groups is 1. The summed E-state index contributed by atoms with van der Waals surface area (Å²) in [7, 11) is 0.328.